The summed E-state index contributed by atoms with van der Waals surface area (Å²) < 4.78 is 40.3. The molecule has 0 aliphatic heterocycles. The first-order chi connectivity index (χ1) is 13.3. The van der Waals surface area contributed by atoms with Crippen LogP contribution in [0, 0.1) is 6.92 Å². The standard InChI is InChI=1S/C20H21F3N4O/c1-15-12-18(20(21,22)23)27(26-15)17(14-24-2)10-7-11-19(28)25-13-16-8-5-3-4-6-9-16/h3,5-12,14H,4,13H2,1-2H3,(H,25,28)/b11-7+,17-10+,24-14?. The lowest BCUT2D eigenvalue weighted by molar-refractivity contribution is -0.142. The summed E-state index contributed by atoms with van der Waals surface area (Å²) in [5.74, 6) is -0.362. The Hall–Kier alpha value is -3.16. The average molecular weight is 390 g/mol. The third-order valence-corrected chi connectivity index (χ3v) is 3.66. The zero-order valence-corrected chi connectivity index (χ0v) is 15.6. The minimum atomic E-state index is -4.56. The molecule has 0 unspecified atom stereocenters. The fraction of sp³-hybridized carbons (Fsp3) is 0.250. The summed E-state index contributed by atoms with van der Waals surface area (Å²) in [7, 11) is 1.44. The molecule has 0 spiro atoms. The number of carbonyl (C=O) groups is 1. The third-order valence-electron chi connectivity index (χ3n) is 3.66. The van der Waals surface area contributed by atoms with Crippen molar-refractivity contribution >= 4 is 17.8 Å². The van der Waals surface area contributed by atoms with Crippen LogP contribution in [0.15, 0.2) is 65.2 Å². The first-order valence-electron chi connectivity index (χ1n) is 8.56. The van der Waals surface area contributed by atoms with E-state index in [9.17, 15) is 18.0 Å². The largest absolute Gasteiger partial charge is 0.433 e. The highest BCUT2D eigenvalue weighted by Crippen LogP contribution is 2.31. The number of alkyl halides is 3. The minimum absolute atomic E-state index is 0.0894. The number of rotatable bonds is 6. The topological polar surface area (TPSA) is 59.3 Å². The Morgan fingerprint density at radius 2 is 2.18 bits per heavy atom. The Labute approximate surface area is 161 Å². The maximum absolute atomic E-state index is 13.2. The summed E-state index contributed by atoms with van der Waals surface area (Å²) in [6.07, 6.45) is 11.2. The van der Waals surface area contributed by atoms with Crippen LogP contribution in [0.3, 0.4) is 0 Å². The van der Waals surface area contributed by atoms with E-state index >= 15 is 0 Å². The number of hydrogen-bond donors (Lipinski definition) is 1. The zero-order chi connectivity index (χ0) is 20.6. The first-order valence-corrected chi connectivity index (χ1v) is 8.56. The van der Waals surface area contributed by atoms with Crippen LogP contribution in [0.25, 0.3) is 5.70 Å². The van der Waals surface area contributed by atoms with Gasteiger partial charge in [0.25, 0.3) is 0 Å². The highest BCUT2D eigenvalue weighted by atomic mass is 19.4. The minimum Gasteiger partial charge on any atom is -0.348 e. The van der Waals surface area contributed by atoms with Crippen molar-refractivity contribution in [2.24, 2.45) is 4.99 Å². The molecule has 0 radical (unpaired) electrons. The number of hydrogen-bond acceptors (Lipinski definition) is 3. The van der Waals surface area contributed by atoms with Gasteiger partial charge in [-0.1, -0.05) is 36.5 Å². The van der Waals surface area contributed by atoms with Crippen molar-refractivity contribution in [3.8, 4) is 0 Å². The van der Waals surface area contributed by atoms with Gasteiger partial charge in [-0.05, 0) is 31.1 Å². The number of aromatic nitrogens is 2. The van der Waals surface area contributed by atoms with Gasteiger partial charge >= 0.3 is 6.18 Å². The van der Waals surface area contributed by atoms with Gasteiger partial charge in [0.2, 0.25) is 5.91 Å². The number of allylic oxidation sites excluding steroid dienone is 7. The highest BCUT2D eigenvalue weighted by molar-refractivity contribution is 6.03. The van der Waals surface area contributed by atoms with Gasteiger partial charge in [-0.25, -0.2) is 4.68 Å². The van der Waals surface area contributed by atoms with E-state index in [1.807, 2.05) is 30.4 Å². The summed E-state index contributed by atoms with van der Waals surface area (Å²) in [6, 6.07) is 0.955. The van der Waals surface area contributed by atoms with Crippen molar-refractivity contribution in [3.63, 3.8) is 0 Å². The summed E-state index contributed by atoms with van der Waals surface area (Å²) in [4.78, 5) is 15.7. The summed E-state index contributed by atoms with van der Waals surface area (Å²) in [5, 5.41) is 6.60. The molecule has 0 saturated carbocycles. The molecule has 5 nitrogen and oxygen atoms in total. The van der Waals surface area contributed by atoms with Crippen molar-refractivity contribution in [1.29, 1.82) is 0 Å². The monoisotopic (exact) mass is 390 g/mol. The van der Waals surface area contributed by atoms with Gasteiger partial charge in [0.05, 0.1) is 11.4 Å². The number of aryl methyl sites for hydroxylation is 1. The molecular formula is C20H21F3N4O. The predicted molar refractivity (Wildman–Crippen MR) is 104 cm³/mol. The number of nitrogens with one attached hydrogen (secondary N) is 1. The molecule has 1 aliphatic rings. The van der Waals surface area contributed by atoms with Gasteiger partial charge < -0.3 is 5.32 Å². The Kier molecular flexibility index (Phi) is 7.31. The number of carbonyl (C=O) groups excluding carboxylic acids is 1. The zero-order valence-electron chi connectivity index (χ0n) is 15.6. The molecule has 28 heavy (non-hydrogen) atoms. The summed E-state index contributed by atoms with van der Waals surface area (Å²) in [6.45, 7) is 1.83. The number of nitrogens with zero attached hydrogens (tertiary/aromatic N) is 3. The van der Waals surface area contributed by atoms with Crippen LogP contribution in [-0.4, -0.2) is 35.5 Å². The van der Waals surface area contributed by atoms with Crippen LogP contribution in [0.4, 0.5) is 13.2 Å². The molecule has 1 aromatic rings. The lowest BCUT2D eigenvalue weighted by atomic mass is 10.2. The molecule has 1 heterocycles. The van der Waals surface area contributed by atoms with Gasteiger partial charge in [0.15, 0.2) is 0 Å². The van der Waals surface area contributed by atoms with E-state index in [1.54, 1.807) is 0 Å². The van der Waals surface area contributed by atoms with Gasteiger partial charge in [-0.15, -0.1) is 0 Å². The van der Waals surface area contributed by atoms with Crippen LogP contribution in [0.5, 0.6) is 0 Å². The Morgan fingerprint density at radius 1 is 1.39 bits per heavy atom. The SMILES string of the molecule is CN=C/C(=C\C=C\C(=O)NCC1=CC=CCC=C1)n1nc(C)cc1C(F)(F)F. The molecule has 0 fully saturated rings. The Bertz CT molecular complexity index is 884. The van der Waals surface area contributed by atoms with Crippen molar-refractivity contribution in [3.05, 3.63) is 71.6 Å². The average Bonchev–Trinajstić information content (AvgIpc) is 2.86. The number of amides is 1. The number of aliphatic imine (C=N–C) groups is 1. The molecule has 1 aromatic heterocycles. The second kappa shape index (κ2) is 9.68. The van der Waals surface area contributed by atoms with E-state index in [0.717, 1.165) is 22.7 Å². The van der Waals surface area contributed by atoms with Crippen molar-refractivity contribution < 1.29 is 18.0 Å². The first kappa shape index (κ1) is 21.1. The molecule has 0 aromatic carbocycles. The predicted octanol–water partition coefficient (Wildman–Crippen LogP) is 3.87. The Balaban J connectivity index is 2.11. The van der Waals surface area contributed by atoms with Crippen LogP contribution in [0.1, 0.15) is 17.8 Å². The van der Waals surface area contributed by atoms with Gasteiger partial charge in [0, 0.05) is 25.9 Å². The highest BCUT2D eigenvalue weighted by Gasteiger charge is 2.36. The van der Waals surface area contributed by atoms with Crippen LogP contribution in [0.2, 0.25) is 0 Å². The maximum atomic E-state index is 13.2. The third kappa shape index (κ3) is 6.22. The van der Waals surface area contributed by atoms with Crippen molar-refractivity contribution in [2.45, 2.75) is 19.5 Å². The van der Waals surface area contributed by atoms with E-state index in [0.29, 0.717) is 6.54 Å². The van der Waals surface area contributed by atoms with Crippen LogP contribution in [-0.2, 0) is 11.0 Å². The lowest BCUT2D eigenvalue weighted by Crippen LogP contribution is -2.23. The fourth-order valence-electron chi connectivity index (χ4n) is 2.42. The molecule has 1 amide bonds. The molecule has 2 rings (SSSR count). The quantitative estimate of drug-likeness (QED) is 0.455. The lowest BCUT2D eigenvalue weighted by Gasteiger charge is -2.10. The summed E-state index contributed by atoms with van der Waals surface area (Å²) in [5.41, 5.74) is 0.357. The molecule has 148 valence electrons. The normalized spacial score (nSPS) is 15.3. The Morgan fingerprint density at radius 3 is 2.89 bits per heavy atom. The second-order valence-electron chi connectivity index (χ2n) is 5.94. The molecule has 0 bridgehead atoms. The van der Waals surface area contributed by atoms with E-state index in [1.165, 1.54) is 38.4 Å². The number of halogens is 3. The van der Waals surface area contributed by atoms with E-state index in [-0.39, 0.29) is 17.3 Å². The summed E-state index contributed by atoms with van der Waals surface area (Å²) >= 11 is 0. The fourth-order valence-corrected chi connectivity index (χ4v) is 2.42. The van der Waals surface area contributed by atoms with Crippen LogP contribution < -0.4 is 5.32 Å². The van der Waals surface area contributed by atoms with Gasteiger partial charge in [-0.3, -0.25) is 9.79 Å². The van der Waals surface area contributed by atoms with Gasteiger partial charge in [-0.2, -0.15) is 18.3 Å². The van der Waals surface area contributed by atoms with E-state index in [2.05, 4.69) is 15.4 Å². The molecule has 1 aliphatic carbocycles. The molecule has 0 saturated heterocycles. The van der Waals surface area contributed by atoms with E-state index < -0.39 is 11.9 Å². The van der Waals surface area contributed by atoms with Gasteiger partial charge in [0.1, 0.15) is 5.69 Å². The van der Waals surface area contributed by atoms with Crippen molar-refractivity contribution in [2.75, 3.05) is 13.6 Å². The smallest absolute Gasteiger partial charge is 0.348 e. The molecule has 1 N–H and O–H groups in total. The van der Waals surface area contributed by atoms with E-state index in [4.69, 9.17) is 0 Å². The molecular weight excluding hydrogens is 369 g/mol. The molecule has 0 atom stereocenters. The van der Waals surface area contributed by atoms with Crippen LogP contribution >= 0.6 is 0 Å². The molecule has 8 heteroatoms. The second-order valence-corrected chi connectivity index (χ2v) is 5.94. The van der Waals surface area contributed by atoms with Crippen molar-refractivity contribution in [1.82, 2.24) is 15.1 Å². The maximum Gasteiger partial charge on any atom is 0.433 e.